The van der Waals surface area contributed by atoms with Gasteiger partial charge in [0.15, 0.2) is 0 Å². The van der Waals surface area contributed by atoms with Gasteiger partial charge in [0.1, 0.15) is 11.6 Å². The van der Waals surface area contributed by atoms with E-state index in [4.69, 9.17) is 11.6 Å². The lowest BCUT2D eigenvalue weighted by Gasteiger charge is -2.30. The molecule has 3 rings (SSSR count). The second-order valence-electron chi connectivity index (χ2n) is 6.52. The van der Waals surface area contributed by atoms with Gasteiger partial charge in [-0.3, -0.25) is 4.79 Å². The average Bonchev–Trinajstić information content (AvgIpc) is 2.61. The van der Waals surface area contributed by atoms with E-state index >= 15 is 0 Å². The van der Waals surface area contributed by atoms with Gasteiger partial charge in [-0.15, -0.1) is 12.4 Å². The van der Waals surface area contributed by atoms with Crippen molar-refractivity contribution in [3.8, 4) is 0 Å². The van der Waals surface area contributed by atoms with Crippen molar-refractivity contribution in [3.63, 3.8) is 0 Å². The maximum atomic E-state index is 13.2. The molecule has 0 saturated heterocycles. The number of amides is 1. The van der Waals surface area contributed by atoms with Gasteiger partial charge in [-0.25, -0.2) is 9.37 Å². The first-order valence-electron chi connectivity index (χ1n) is 8.46. The fourth-order valence-electron chi connectivity index (χ4n) is 3.05. The van der Waals surface area contributed by atoms with E-state index in [9.17, 15) is 9.18 Å². The maximum Gasteiger partial charge on any atom is 0.251 e. The molecule has 0 atom stereocenters. The number of hydrogen-bond donors (Lipinski definition) is 2. The number of carbonyl (C=O) groups excluding carboxylic acids is 1. The summed E-state index contributed by atoms with van der Waals surface area (Å²) in [5, 5.41) is 6.42. The Hall–Kier alpha value is -1.85. The zero-order valence-electron chi connectivity index (χ0n) is 14.5. The zero-order valence-corrected chi connectivity index (χ0v) is 16.0. The van der Waals surface area contributed by atoms with E-state index in [1.54, 1.807) is 0 Å². The highest BCUT2D eigenvalue weighted by atomic mass is 35.5. The molecule has 0 aliphatic heterocycles. The van der Waals surface area contributed by atoms with Gasteiger partial charge < -0.3 is 10.6 Å². The van der Waals surface area contributed by atoms with Gasteiger partial charge in [-0.1, -0.05) is 17.7 Å². The normalized spacial score (nSPS) is 19.3. The van der Waals surface area contributed by atoms with Crippen LogP contribution in [-0.2, 0) is 0 Å². The Balaban J connectivity index is 0.00000243. The van der Waals surface area contributed by atoms with Gasteiger partial charge in [-0.05, 0) is 62.4 Å². The highest BCUT2D eigenvalue weighted by molar-refractivity contribution is 6.31. The molecule has 1 heterocycles. The van der Waals surface area contributed by atoms with Crippen molar-refractivity contribution < 1.29 is 9.18 Å². The molecule has 2 aromatic rings. The van der Waals surface area contributed by atoms with Crippen molar-refractivity contribution in [2.24, 2.45) is 0 Å². The van der Waals surface area contributed by atoms with Gasteiger partial charge in [0.25, 0.3) is 5.91 Å². The first-order valence-corrected chi connectivity index (χ1v) is 8.84. The zero-order chi connectivity index (χ0) is 17.8. The molecule has 140 valence electrons. The van der Waals surface area contributed by atoms with E-state index in [0.717, 1.165) is 37.1 Å². The second kappa shape index (κ2) is 9.19. The molecule has 4 nitrogen and oxygen atoms in total. The third kappa shape index (κ3) is 5.32. The van der Waals surface area contributed by atoms with Crippen LogP contribution < -0.4 is 10.6 Å². The summed E-state index contributed by atoms with van der Waals surface area (Å²) in [6.07, 6.45) is 5.56. The number of aryl methyl sites for hydroxylation is 1. The highest BCUT2D eigenvalue weighted by Crippen LogP contribution is 2.22. The second-order valence-corrected chi connectivity index (χ2v) is 6.92. The average molecular weight is 398 g/mol. The highest BCUT2D eigenvalue weighted by Gasteiger charge is 2.23. The molecule has 0 radical (unpaired) electrons. The monoisotopic (exact) mass is 397 g/mol. The number of halogens is 3. The number of benzene rings is 1. The molecule has 0 unspecified atom stereocenters. The standard InChI is InChI=1S/C19H21ClFN3O.ClH/c1-12-2-9-18(22-11-12)23-14-4-6-15(7-5-14)24-19(25)13-3-8-17(21)16(20)10-13;/h2-3,8-11,14-15H,4-7H2,1H3,(H,22,23)(H,24,25);1H. The number of nitrogens with one attached hydrogen (secondary N) is 2. The van der Waals surface area contributed by atoms with E-state index in [1.807, 2.05) is 25.3 Å². The van der Waals surface area contributed by atoms with Crippen LogP contribution in [-0.4, -0.2) is 23.0 Å². The Morgan fingerprint density at radius 1 is 1.15 bits per heavy atom. The van der Waals surface area contributed by atoms with E-state index in [1.165, 1.54) is 18.2 Å². The Morgan fingerprint density at radius 3 is 2.46 bits per heavy atom. The van der Waals surface area contributed by atoms with Crippen molar-refractivity contribution in [1.82, 2.24) is 10.3 Å². The van der Waals surface area contributed by atoms with Crippen LogP contribution in [0.5, 0.6) is 0 Å². The van der Waals surface area contributed by atoms with E-state index in [0.29, 0.717) is 11.6 Å². The summed E-state index contributed by atoms with van der Waals surface area (Å²) in [4.78, 5) is 16.6. The lowest BCUT2D eigenvalue weighted by molar-refractivity contribution is 0.0926. The number of hydrogen-bond acceptors (Lipinski definition) is 3. The predicted molar refractivity (Wildman–Crippen MR) is 105 cm³/mol. The SMILES string of the molecule is Cc1ccc(NC2CCC(NC(=O)c3ccc(F)c(Cl)c3)CC2)nc1.Cl. The van der Waals surface area contributed by atoms with E-state index < -0.39 is 5.82 Å². The minimum absolute atomic E-state index is 0. The van der Waals surface area contributed by atoms with Crippen molar-refractivity contribution in [2.45, 2.75) is 44.7 Å². The van der Waals surface area contributed by atoms with Gasteiger partial charge in [0.05, 0.1) is 5.02 Å². The molecule has 0 bridgehead atoms. The third-order valence-electron chi connectivity index (χ3n) is 4.51. The first-order chi connectivity index (χ1) is 12.0. The van der Waals surface area contributed by atoms with Gasteiger partial charge >= 0.3 is 0 Å². The molecular formula is C19H22Cl2FN3O. The van der Waals surface area contributed by atoms with Crippen LogP contribution in [0.1, 0.15) is 41.6 Å². The van der Waals surface area contributed by atoms with Crippen LogP contribution in [0.25, 0.3) is 0 Å². The van der Waals surface area contributed by atoms with Crippen LogP contribution in [0.2, 0.25) is 5.02 Å². The summed E-state index contributed by atoms with van der Waals surface area (Å²) in [7, 11) is 0. The Morgan fingerprint density at radius 2 is 1.85 bits per heavy atom. The first kappa shape index (κ1) is 20.5. The molecule has 26 heavy (non-hydrogen) atoms. The van der Waals surface area contributed by atoms with Crippen molar-refractivity contribution in [2.75, 3.05) is 5.32 Å². The number of anilines is 1. The molecule has 1 aromatic carbocycles. The molecule has 1 amide bonds. The topological polar surface area (TPSA) is 54.0 Å². The molecule has 1 aliphatic carbocycles. The number of rotatable bonds is 4. The van der Waals surface area contributed by atoms with Crippen LogP contribution in [0.3, 0.4) is 0 Å². The number of nitrogens with zero attached hydrogens (tertiary/aromatic N) is 1. The molecule has 1 aliphatic rings. The van der Waals surface area contributed by atoms with Crippen molar-refractivity contribution in [3.05, 3.63) is 58.5 Å². The minimum atomic E-state index is -0.519. The van der Waals surface area contributed by atoms with Gasteiger partial charge in [-0.2, -0.15) is 0 Å². The summed E-state index contributed by atoms with van der Waals surface area (Å²) >= 11 is 5.74. The summed E-state index contributed by atoms with van der Waals surface area (Å²) in [6.45, 7) is 2.01. The Bertz CT molecular complexity index is 747. The molecule has 1 fully saturated rings. The van der Waals surface area contributed by atoms with Gasteiger partial charge in [0.2, 0.25) is 0 Å². The summed E-state index contributed by atoms with van der Waals surface area (Å²) < 4.78 is 13.2. The van der Waals surface area contributed by atoms with Gasteiger partial charge in [0, 0.05) is 23.8 Å². The quantitative estimate of drug-likeness (QED) is 0.781. The fourth-order valence-corrected chi connectivity index (χ4v) is 3.23. The molecule has 2 N–H and O–H groups in total. The number of pyridine rings is 1. The third-order valence-corrected chi connectivity index (χ3v) is 4.80. The fraction of sp³-hybridized carbons (Fsp3) is 0.368. The molecule has 1 saturated carbocycles. The largest absolute Gasteiger partial charge is 0.367 e. The molecule has 7 heteroatoms. The smallest absolute Gasteiger partial charge is 0.251 e. The van der Waals surface area contributed by atoms with Crippen molar-refractivity contribution >= 4 is 35.7 Å². The summed E-state index contributed by atoms with van der Waals surface area (Å²) in [5.74, 6) is 0.159. The van der Waals surface area contributed by atoms with E-state index in [2.05, 4.69) is 15.6 Å². The summed E-state index contributed by atoms with van der Waals surface area (Å²) in [6, 6.07) is 8.54. The predicted octanol–water partition coefficient (Wildman–Crippen LogP) is 4.76. The Labute approximate surface area is 164 Å². The summed E-state index contributed by atoms with van der Waals surface area (Å²) in [5.41, 5.74) is 1.52. The van der Waals surface area contributed by atoms with E-state index in [-0.39, 0.29) is 29.4 Å². The van der Waals surface area contributed by atoms with Crippen LogP contribution in [0.4, 0.5) is 10.2 Å². The lowest BCUT2D eigenvalue weighted by Crippen LogP contribution is -2.40. The van der Waals surface area contributed by atoms with Crippen LogP contribution >= 0.6 is 24.0 Å². The van der Waals surface area contributed by atoms with Crippen LogP contribution in [0.15, 0.2) is 36.5 Å². The lowest BCUT2D eigenvalue weighted by atomic mass is 9.91. The minimum Gasteiger partial charge on any atom is -0.367 e. The maximum absolute atomic E-state index is 13.2. The Kier molecular flexibility index (Phi) is 7.23. The number of aromatic nitrogens is 1. The van der Waals surface area contributed by atoms with Crippen molar-refractivity contribution in [1.29, 1.82) is 0 Å². The molecule has 0 spiro atoms. The number of carbonyl (C=O) groups is 1. The molecule has 1 aromatic heterocycles. The van der Waals surface area contributed by atoms with Crippen LogP contribution in [0, 0.1) is 12.7 Å². The molecular weight excluding hydrogens is 376 g/mol.